The summed E-state index contributed by atoms with van der Waals surface area (Å²) in [6.45, 7) is 6.56. The van der Waals surface area contributed by atoms with Crippen LogP contribution in [0.5, 0.6) is 5.75 Å². The van der Waals surface area contributed by atoms with E-state index in [9.17, 15) is 19.5 Å². The second-order valence-electron chi connectivity index (χ2n) is 10.6. The van der Waals surface area contributed by atoms with Crippen LogP contribution in [0.15, 0.2) is 51.7 Å². The van der Waals surface area contributed by atoms with E-state index in [4.69, 9.17) is 9.15 Å². The molecule has 1 fully saturated rings. The van der Waals surface area contributed by atoms with Crippen LogP contribution in [0.2, 0.25) is 0 Å². The highest BCUT2D eigenvalue weighted by molar-refractivity contribution is 5.87. The molecule has 1 aromatic heterocycles. The van der Waals surface area contributed by atoms with E-state index < -0.39 is 17.0 Å². The number of carboxylic acids is 1. The molecular weight excluding hydrogens is 458 g/mol. The average Bonchev–Trinajstić information content (AvgIpc) is 2.85. The van der Waals surface area contributed by atoms with E-state index in [1.54, 1.807) is 11.0 Å². The Kier molecular flexibility index (Phi) is 5.89. The fourth-order valence-corrected chi connectivity index (χ4v) is 5.52. The minimum Gasteiger partial charge on any atom is -0.487 e. The third-order valence-electron chi connectivity index (χ3n) is 7.88. The first kappa shape index (κ1) is 24.1. The van der Waals surface area contributed by atoms with Crippen molar-refractivity contribution in [1.82, 2.24) is 4.90 Å². The van der Waals surface area contributed by atoms with Gasteiger partial charge in [-0.3, -0.25) is 9.59 Å². The van der Waals surface area contributed by atoms with E-state index in [-0.39, 0.29) is 17.9 Å². The molecular formula is C29H31NO6. The summed E-state index contributed by atoms with van der Waals surface area (Å²) < 4.78 is 11.7. The number of fused-ring (bicyclic) bond motifs is 2. The molecule has 1 amide bonds. The maximum Gasteiger partial charge on any atom is 0.340 e. The van der Waals surface area contributed by atoms with Gasteiger partial charge in [0, 0.05) is 24.5 Å². The molecule has 5 rings (SSSR count). The molecule has 7 nitrogen and oxygen atoms in total. The minimum absolute atomic E-state index is 0.0733. The van der Waals surface area contributed by atoms with Crippen LogP contribution in [0.25, 0.3) is 11.0 Å². The van der Waals surface area contributed by atoms with Crippen LogP contribution in [0.1, 0.15) is 55.4 Å². The van der Waals surface area contributed by atoms with Gasteiger partial charge in [-0.25, -0.2) is 4.79 Å². The van der Waals surface area contributed by atoms with Crippen LogP contribution in [0.4, 0.5) is 0 Å². The van der Waals surface area contributed by atoms with Crippen molar-refractivity contribution >= 4 is 22.8 Å². The van der Waals surface area contributed by atoms with Gasteiger partial charge in [0.1, 0.15) is 16.9 Å². The molecule has 3 aromatic rings. The van der Waals surface area contributed by atoms with E-state index in [2.05, 4.69) is 0 Å². The zero-order chi connectivity index (χ0) is 25.7. The third-order valence-corrected chi connectivity index (χ3v) is 7.88. The topological polar surface area (TPSA) is 97.1 Å². The summed E-state index contributed by atoms with van der Waals surface area (Å²) in [5.74, 6) is -0.332. The van der Waals surface area contributed by atoms with Crippen molar-refractivity contribution in [1.29, 1.82) is 0 Å². The van der Waals surface area contributed by atoms with Gasteiger partial charge in [0.25, 0.3) is 0 Å². The molecule has 7 heteroatoms. The lowest BCUT2D eigenvalue weighted by atomic mass is 9.73. The van der Waals surface area contributed by atoms with Crippen LogP contribution >= 0.6 is 0 Å². The number of aryl methyl sites for hydroxylation is 2. The first-order chi connectivity index (χ1) is 17.1. The monoisotopic (exact) mass is 489 g/mol. The second-order valence-corrected chi connectivity index (χ2v) is 10.6. The fraction of sp³-hybridized carbons (Fsp3) is 0.414. The number of amides is 1. The minimum atomic E-state index is -1.01. The SMILES string of the molecule is Cc1c(CC(=O)N2CCC(C(=O)O)(c3ccccc3)CC2)c(=O)oc2cc3c(cc12)CCC(C)(C)O3. The molecule has 0 saturated carbocycles. The lowest BCUT2D eigenvalue weighted by Crippen LogP contribution is -2.49. The number of carbonyl (C=O) groups is 2. The fourth-order valence-electron chi connectivity index (χ4n) is 5.52. The molecule has 2 aliphatic rings. The molecule has 1 N–H and O–H groups in total. The standard InChI is InChI=1S/C29H31NO6/c1-18-21-15-19-9-10-28(2,3)36-23(19)17-24(21)35-26(32)22(18)16-25(31)30-13-11-29(12-14-30,27(33)34)20-7-5-4-6-8-20/h4-8,15,17H,9-14,16H2,1-3H3,(H,33,34). The van der Waals surface area contributed by atoms with Crippen molar-refractivity contribution in [2.45, 2.75) is 63.9 Å². The van der Waals surface area contributed by atoms with Crippen LogP contribution in [-0.4, -0.2) is 40.6 Å². The average molecular weight is 490 g/mol. The Morgan fingerprint density at radius 1 is 1.06 bits per heavy atom. The van der Waals surface area contributed by atoms with Crippen LogP contribution in [0, 0.1) is 6.92 Å². The van der Waals surface area contributed by atoms with Crippen LogP contribution in [-0.2, 0) is 27.8 Å². The molecule has 0 bridgehead atoms. The lowest BCUT2D eigenvalue weighted by Gasteiger charge is -2.39. The summed E-state index contributed by atoms with van der Waals surface area (Å²) >= 11 is 0. The number of piperidine rings is 1. The highest BCUT2D eigenvalue weighted by Crippen LogP contribution is 2.38. The summed E-state index contributed by atoms with van der Waals surface area (Å²) in [5.41, 5.74) is 1.57. The Morgan fingerprint density at radius 3 is 2.42 bits per heavy atom. The molecule has 1 saturated heterocycles. The number of carboxylic acid groups (broad SMARTS) is 1. The van der Waals surface area contributed by atoms with Gasteiger partial charge in [0.15, 0.2) is 0 Å². The molecule has 36 heavy (non-hydrogen) atoms. The molecule has 2 aromatic carbocycles. The molecule has 0 spiro atoms. The van der Waals surface area contributed by atoms with E-state index in [1.165, 1.54) is 0 Å². The molecule has 2 aliphatic heterocycles. The van der Waals surface area contributed by atoms with Gasteiger partial charge in [-0.05, 0) is 69.2 Å². The normalized spacial score (nSPS) is 18.4. The molecule has 188 valence electrons. The zero-order valence-electron chi connectivity index (χ0n) is 20.9. The van der Waals surface area contributed by atoms with Gasteiger partial charge in [0.2, 0.25) is 5.91 Å². The summed E-state index contributed by atoms with van der Waals surface area (Å²) in [6.07, 6.45) is 2.34. The Hall–Kier alpha value is -3.61. The van der Waals surface area contributed by atoms with Gasteiger partial charge in [-0.2, -0.15) is 0 Å². The number of carbonyl (C=O) groups excluding carboxylic acids is 1. The summed E-state index contributed by atoms with van der Waals surface area (Å²) in [6, 6.07) is 13.0. The van der Waals surface area contributed by atoms with Crippen LogP contribution in [0.3, 0.4) is 0 Å². The van der Waals surface area contributed by atoms with E-state index in [0.29, 0.717) is 37.1 Å². The molecule has 0 unspecified atom stereocenters. The summed E-state index contributed by atoms with van der Waals surface area (Å²) in [7, 11) is 0. The van der Waals surface area contributed by atoms with Gasteiger partial charge >= 0.3 is 11.6 Å². The maximum atomic E-state index is 13.2. The van der Waals surface area contributed by atoms with E-state index in [1.807, 2.05) is 57.2 Å². The van der Waals surface area contributed by atoms with Gasteiger partial charge in [0.05, 0.1) is 17.4 Å². The number of aliphatic carboxylic acids is 1. The highest BCUT2D eigenvalue weighted by Gasteiger charge is 2.44. The number of hydrogen-bond donors (Lipinski definition) is 1. The Balaban J connectivity index is 1.37. The maximum absolute atomic E-state index is 13.2. The number of likely N-dealkylation sites (tertiary alicyclic amines) is 1. The Morgan fingerprint density at radius 2 is 1.75 bits per heavy atom. The lowest BCUT2D eigenvalue weighted by molar-refractivity contribution is -0.148. The predicted octanol–water partition coefficient (Wildman–Crippen LogP) is 4.39. The number of rotatable bonds is 4. The van der Waals surface area contributed by atoms with Gasteiger partial charge in [-0.15, -0.1) is 0 Å². The number of nitrogens with zero attached hydrogens (tertiary/aromatic N) is 1. The molecule has 0 radical (unpaired) electrons. The second kappa shape index (κ2) is 8.80. The van der Waals surface area contributed by atoms with Gasteiger partial charge < -0.3 is 19.2 Å². The van der Waals surface area contributed by atoms with Crippen molar-refractivity contribution in [2.24, 2.45) is 0 Å². The smallest absolute Gasteiger partial charge is 0.340 e. The van der Waals surface area contributed by atoms with Crippen LogP contribution < -0.4 is 10.4 Å². The van der Waals surface area contributed by atoms with Crippen molar-refractivity contribution in [2.75, 3.05) is 13.1 Å². The quantitative estimate of drug-likeness (QED) is 0.546. The zero-order valence-corrected chi connectivity index (χ0v) is 20.9. The Labute approximate surface area is 209 Å². The molecule has 0 aliphatic carbocycles. The third kappa shape index (κ3) is 4.16. The summed E-state index contributed by atoms with van der Waals surface area (Å²) in [5, 5.41) is 10.8. The van der Waals surface area contributed by atoms with Gasteiger partial charge in [-0.1, -0.05) is 30.3 Å². The molecule has 0 atom stereocenters. The predicted molar refractivity (Wildman–Crippen MR) is 136 cm³/mol. The van der Waals surface area contributed by atoms with Crippen molar-refractivity contribution < 1.29 is 23.8 Å². The van der Waals surface area contributed by atoms with Crippen molar-refractivity contribution in [3.8, 4) is 5.75 Å². The molecule has 3 heterocycles. The first-order valence-corrected chi connectivity index (χ1v) is 12.4. The van der Waals surface area contributed by atoms with E-state index >= 15 is 0 Å². The number of benzene rings is 2. The van der Waals surface area contributed by atoms with E-state index in [0.717, 1.165) is 40.7 Å². The number of hydrogen-bond acceptors (Lipinski definition) is 5. The number of ether oxygens (including phenoxy) is 1. The summed E-state index contributed by atoms with van der Waals surface area (Å²) in [4.78, 5) is 40.0. The van der Waals surface area contributed by atoms with Crippen molar-refractivity contribution in [3.05, 3.63) is 75.1 Å². The van der Waals surface area contributed by atoms with Crippen molar-refractivity contribution in [3.63, 3.8) is 0 Å². The largest absolute Gasteiger partial charge is 0.487 e. The first-order valence-electron chi connectivity index (χ1n) is 12.4. The Bertz CT molecular complexity index is 1400. The highest BCUT2D eigenvalue weighted by atomic mass is 16.5.